The van der Waals surface area contributed by atoms with Gasteiger partial charge in [0.05, 0.1) is 10.4 Å². The topological polar surface area (TPSA) is 32.8 Å². The van der Waals surface area contributed by atoms with Crippen LogP contribution in [0.25, 0.3) is 0 Å². The molecule has 0 radical (unpaired) electrons. The Morgan fingerprint density at radius 1 is 1.08 bits per heavy atom. The van der Waals surface area contributed by atoms with Crippen molar-refractivity contribution in [3.8, 4) is 5.75 Å². The van der Waals surface area contributed by atoms with Crippen LogP contribution in [0.4, 0.5) is 0 Å². The molecule has 2 heterocycles. The van der Waals surface area contributed by atoms with Gasteiger partial charge in [0.2, 0.25) is 5.91 Å². The van der Waals surface area contributed by atoms with Crippen molar-refractivity contribution in [3.63, 3.8) is 0 Å². The second-order valence-corrected chi connectivity index (χ2v) is 8.68. The third-order valence-corrected chi connectivity index (χ3v) is 5.89. The molecular weight excluding hydrogens is 400 g/mol. The predicted octanol–water partition coefficient (Wildman–Crippen LogP) is 4.01. The Morgan fingerprint density at radius 3 is 2.52 bits per heavy atom. The average molecular weight is 423 g/mol. The quantitative estimate of drug-likeness (QED) is 0.631. The summed E-state index contributed by atoms with van der Waals surface area (Å²) in [6, 6.07) is 14.0. The third kappa shape index (κ3) is 5.83. The van der Waals surface area contributed by atoms with Crippen LogP contribution in [0.3, 0.4) is 0 Å². The van der Waals surface area contributed by atoms with Crippen LogP contribution < -0.4 is 4.74 Å². The van der Waals surface area contributed by atoms with Gasteiger partial charge in [-0.3, -0.25) is 9.69 Å². The van der Waals surface area contributed by atoms with Crippen LogP contribution in [0.15, 0.2) is 46.3 Å². The standard InChI is InChI=1S/C19H23BrN2O2S/c20-18-9-8-17(25-18)15-21-10-12-22(13-11-21)19(23)7-4-14-24-16-5-2-1-3-6-16/h1-3,5-6,8-9H,4,7,10-15H2. The van der Waals surface area contributed by atoms with Gasteiger partial charge in [-0.2, -0.15) is 0 Å². The fourth-order valence-electron chi connectivity index (χ4n) is 2.90. The minimum absolute atomic E-state index is 0.246. The minimum Gasteiger partial charge on any atom is -0.494 e. The maximum atomic E-state index is 12.3. The number of halogens is 1. The Kier molecular flexibility index (Phi) is 6.90. The lowest BCUT2D eigenvalue weighted by molar-refractivity contribution is -0.133. The molecule has 3 rings (SSSR count). The van der Waals surface area contributed by atoms with Crippen molar-refractivity contribution in [1.82, 2.24) is 9.80 Å². The fraction of sp³-hybridized carbons (Fsp3) is 0.421. The van der Waals surface area contributed by atoms with E-state index in [-0.39, 0.29) is 5.91 Å². The summed E-state index contributed by atoms with van der Waals surface area (Å²) < 4.78 is 6.82. The van der Waals surface area contributed by atoms with Gasteiger partial charge in [-0.05, 0) is 46.6 Å². The maximum absolute atomic E-state index is 12.3. The molecule has 1 aliphatic heterocycles. The lowest BCUT2D eigenvalue weighted by Crippen LogP contribution is -2.48. The van der Waals surface area contributed by atoms with Crippen molar-refractivity contribution in [3.05, 3.63) is 51.1 Å². The normalized spacial score (nSPS) is 15.3. The smallest absolute Gasteiger partial charge is 0.222 e. The van der Waals surface area contributed by atoms with E-state index >= 15 is 0 Å². The van der Waals surface area contributed by atoms with E-state index in [0.29, 0.717) is 13.0 Å². The Bertz CT molecular complexity index is 669. The van der Waals surface area contributed by atoms with Crippen LogP contribution in [0.5, 0.6) is 5.75 Å². The maximum Gasteiger partial charge on any atom is 0.222 e. The Morgan fingerprint density at radius 2 is 1.84 bits per heavy atom. The lowest BCUT2D eigenvalue weighted by atomic mass is 10.2. The highest BCUT2D eigenvalue weighted by molar-refractivity contribution is 9.11. The lowest BCUT2D eigenvalue weighted by Gasteiger charge is -2.34. The second kappa shape index (κ2) is 9.36. The minimum atomic E-state index is 0.246. The number of hydrogen-bond donors (Lipinski definition) is 0. The summed E-state index contributed by atoms with van der Waals surface area (Å²) in [6.07, 6.45) is 1.32. The van der Waals surface area contributed by atoms with E-state index in [9.17, 15) is 4.79 Å². The van der Waals surface area contributed by atoms with Crippen molar-refractivity contribution in [1.29, 1.82) is 0 Å². The first kappa shape index (κ1) is 18.4. The first-order chi connectivity index (χ1) is 12.2. The monoisotopic (exact) mass is 422 g/mol. The van der Waals surface area contributed by atoms with E-state index in [1.54, 1.807) is 11.3 Å². The fourth-order valence-corrected chi connectivity index (χ4v) is 4.43. The molecule has 1 amide bonds. The van der Waals surface area contributed by atoms with E-state index in [1.165, 1.54) is 8.66 Å². The zero-order valence-corrected chi connectivity index (χ0v) is 16.6. The molecule has 0 bridgehead atoms. The summed E-state index contributed by atoms with van der Waals surface area (Å²) in [5.74, 6) is 1.11. The molecule has 1 aromatic heterocycles. The van der Waals surface area contributed by atoms with E-state index in [1.807, 2.05) is 35.2 Å². The molecule has 0 unspecified atom stereocenters. The number of amides is 1. The molecule has 134 valence electrons. The van der Waals surface area contributed by atoms with Crippen LogP contribution in [-0.4, -0.2) is 48.5 Å². The van der Waals surface area contributed by atoms with Crippen LogP contribution in [0.2, 0.25) is 0 Å². The number of rotatable bonds is 7. The highest BCUT2D eigenvalue weighted by Gasteiger charge is 2.21. The zero-order chi connectivity index (χ0) is 17.5. The molecule has 1 aromatic carbocycles. The van der Waals surface area contributed by atoms with Gasteiger partial charge < -0.3 is 9.64 Å². The van der Waals surface area contributed by atoms with Gasteiger partial charge in [-0.1, -0.05) is 18.2 Å². The number of hydrogen-bond acceptors (Lipinski definition) is 4. The van der Waals surface area contributed by atoms with E-state index in [4.69, 9.17) is 4.74 Å². The molecule has 6 heteroatoms. The van der Waals surface area contributed by atoms with Gasteiger partial charge in [0.25, 0.3) is 0 Å². The summed E-state index contributed by atoms with van der Waals surface area (Å²) in [7, 11) is 0. The van der Waals surface area contributed by atoms with Crippen LogP contribution in [-0.2, 0) is 11.3 Å². The Hall–Kier alpha value is -1.37. The number of nitrogens with zero attached hydrogens (tertiary/aromatic N) is 2. The molecule has 0 N–H and O–H groups in total. The number of para-hydroxylation sites is 1. The molecular formula is C19H23BrN2O2S. The number of ether oxygens (including phenoxy) is 1. The van der Waals surface area contributed by atoms with Crippen molar-refractivity contribution in [2.24, 2.45) is 0 Å². The van der Waals surface area contributed by atoms with E-state index in [2.05, 4.69) is 33.0 Å². The summed E-state index contributed by atoms with van der Waals surface area (Å²) in [6.45, 7) is 5.10. The Labute approximate surface area is 161 Å². The van der Waals surface area contributed by atoms with Gasteiger partial charge in [0.1, 0.15) is 5.75 Å². The number of benzene rings is 1. The number of carbonyl (C=O) groups is 1. The molecule has 25 heavy (non-hydrogen) atoms. The van der Waals surface area contributed by atoms with Gasteiger partial charge in [0.15, 0.2) is 0 Å². The zero-order valence-electron chi connectivity index (χ0n) is 14.2. The molecule has 4 nitrogen and oxygen atoms in total. The molecule has 1 aliphatic rings. The summed E-state index contributed by atoms with van der Waals surface area (Å²) >= 11 is 5.29. The first-order valence-electron chi connectivity index (χ1n) is 8.63. The Balaban J connectivity index is 1.32. The molecule has 0 spiro atoms. The van der Waals surface area contributed by atoms with Gasteiger partial charge in [0, 0.05) is 44.0 Å². The number of piperazine rings is 1. The van der Waals surface area contributed by atoms with E-state index < -0.39 is 0 Å². The summed E-state index contributed by atoms with van der Waals surface area (Å²) in [5, 5.41) is 0. The van der Waals surface area contributed by atoms with Crippen molar-refractivity contribution in [2.45, 2.75) is 19.4 Å². The van der Waals surface area contributed by atoms with Crippen molar-refractivity contribution in [2.75, 3.05) is 32.8 Å². The van der Waals surface area contributed by atoms with Crippen molar-refractivity contribution >= 4 is 33.2 Å². The van der Waals surface area contributed by atoms with Gasteiger partial charge >= 0.3 is 0 Å². The molecule has 2 aromatic rings. The highest BCUT2D eigenvalue weighted by atomic mass is 79.9. The molecule has 1 fully saturated rings. The first-order valence-corrected chi connectivity index (χ1v) is 10.2. The SMILES string of the molecule is O=C(CCCOc1ccccc1)N1CCN(Cc2ccc(Br)s2)CC1. The second-order valence-electron chi connectivity index (χ2n) is 6.13. The van der Waals surface area contributed by atoms with Crippen LogP contribution in [0, 0.1) is 0 Å². The number of carbonyl (C=O) groups excluding carboxylic acids is 1. The van der Waals surface area contributed by atoms with Crippen LogP contribution >= 0.6 is 27.3 Å². The average Bonchev–Trinajstić information content (AvgIpc) is 3.05. The molecule has 0 aliphatic carbocycles. The molecule has 0 saturated carbocycles. The highest BCUT2D eigenvalue weighted by Crippen LogP contribution is 2.23. The predicted molar refractivity (Wildman–Crippen MR) is 105 cm³/mol. The van der Waals surface area contributed by atoms with Gasteiger partial charge in [-0.15, -0.1) is 11.3 Å². The molecule has 0 atom stereocenters. The summed E-state index contributed by atoms with van der Waals surface area (Å²) in [5.41, 5.74) is 0. The van der Waals surface area contributed by atoms with Crippen LogP contribution in [0.1, 0.15) is 17.7 Å². The van der Waals surface area contributed by atoms with E-state index in [0.717, 1.165) is 44.9 Å². The largest absolute Gasteiger partial charge is 0.494 e. The van der Waals surface area contributed by atoms with Crippen molar-refractivity contribution < 1.29 is 9.53 Å². The number of thiophene rings is 1. The van der Waals surface area contributed by atoms with Gasteiger partial charge in [-0.25, -0.2) is 0 Å². The third-order valence-electron chi connectivity index (χ3n) is 4.28. The molecule has 1 saturated heterocycles. The summed E-state index contributed by atoms with van der Waals surface area (Å²) in [4.78, 5) is 18.1.